The summed E-state index contributed by atoms with van der Waals surface area (Å²) in [6.07, 6.45) is 10.4. The van der Waals surface area contributed by atoms with Gasteiger partial charge in [0.2, 0.25) is 15.9 Å². The molecule has 1 aromatic rings. The Balaban J connectivity index is 1.56. The van der Waals surface area contributed by atoms with E-state index in [1.54, 1.807) is 10.6 Å². The quantitative estimate of drug-likeness (QED) is 0.845. The number of nitrogens with one attached hydrogen (secondary N) is 1. The van der Waals surface area contributed by atoms with Gasteiger partial charge in [-0.15, -0.1) is 0 Å². The Morgan fingerprint density at radius 2 is 1.88 bits per heavy atom. The highest BCUT2D eigenvalue weighted by molar-refractivity contribution is 7.88. The molecule has 1 spiro atoms. The molecular formula is C18H28N4O3S. The van der Waals surface area contributed by atoms with E-state index in [1.165, 1.54) is 12.7 Å². The molecule has 0 radical (unpaired) electrons. The van der Waals surface area contributed by atoms with Gasteiger partial charge in [0.15, 0.2) is 0 Å². The Bertz CT molecular complexity index is 774. The summed E-state index contributed by atoms with van der Waals surface area (Å²) >= 11 is 0. The smallest absolute Gasteiger partial charge is 0.225 e. The van der Waals surface area contributed by atoms with E-state index < -0.39 is 15.6 Å². The second kappa shape index (κ2) is 6.64. The third-order valence-electron chi connectivity index (χ3n) is 6.46. The molecular weight excluding hydrogens is 352 g/mol. The molecule has 0 bridgehead atoms. The highest BCUT2D eigenvalue weighted by Gasteiger charge is 2.50. The summed E-state index contributed by atoms with van der Waals surface area (Å²) in [5.74, 6) is 0.430. The zero-order valence-corrected chi connectivity index (χ0v) is 16.2. The van der Waals surface area contributed by atoms with Crippen LogP contribution in [0.15, 0.2) is 6.33 Å². The summed E-state index contributed by atoms with van der Waals surface area (Å²) in [5.41, 5.74) is 1.29. The number of carbonyl (C=O) groups is 1. The predicted molar refractivity (Wildman–Crippen MR) is 97.9 cm³/mol. The largest absolute Gasteiger partial charge is 0.348 e. The second-order valence-electron chi connectivity index (χ2n) is 8.01. The zero-order chi connectivity index (χ0) is 18.4. The van der Waals surface area contributed by atoms with Crippen LogP contribution in [0.5, 0.6) is 0 Å². The Kier molecular flexibility index (Phi) is 4.59. The minimum Gasteiger partial charge on any atom is -0.348 e. The molecule has 0 unspecified atom stereocenters. The summed E-state index contributed by atoms with van der Waals surface area (Å²) < 4.78 is 26.6. The van der Waals surface area contributed by atoms with Gasteiger partial charge in [-0.2, -0.15) is 4.31 Å². The van der Waals surface area contributed by atoms with Gasteiger partial charge in [0.1, 0.15) is 0 Å². The van der Waals surface area contributed by atoms with Crippen LogP contribution >= 0.6 is 0 Å². The maximum atomic E-state index is 12.9. The number of piperidine rings is 1. The van der Waals surface area contributed by atoms with Crippen LogP contribution in [0.25, 0.3) is 0 Å². The molecule has 3 aliphatic rings. The molecule has 0 aromatic carbocycles. The van der Waals surface area contributed by atoms with Gasteiger partial charge in [-0.3, -0.25) is 4.79 Å². The Morgan fingerprint density at radius 1 is 1.19 bits per heavy atom. The summed E-state index contributed by atoms with van der Waals surface area (Å²) in [5, 5.41) is 0. The molecule has 1 aliphatic carbocycles. The number of aromatic amines is 1. The average Bonchev–Trinajstić information content (AvgIpc) is 3.12. The second-order valence-corrected chi connectivity index (χ2v) is 9.91. The van der Waals surface area contributed by atoms with Crippen LogP contribution in [-0.4, -0.2) is 59.4 Å². The lowest BCUT2D eigenvalue weighted by Crippen LogP contribution is -2.59. The zero-order valence-electron chi connectivity index (χ0n) is 15.4. The van der Waals surface area contributed by atoms with Gasteiger partial charge in [0, 0.05) is 37.7 Å². The van der Waals surface area contributed by atoms with Gasteiger partial charge in [0.25, 0.3) is 0 Å². The Hall–Kier alpha value is -1.41. The molecule has 8 heteroatoms. The molecule has 1 amide bonds. The highest BCUT2D eigenvalue weighted by atomic mass is 32.2. The number of fused-ring (bicyclic) bond motifs is 2. The molecule has 26 heavy (non-hydrogen) atoms. The predicted octanol–water partition coefficient (Wildman–Crippen LogP) is 1.63. The normalized spacial score (nSPS) is 24.6. The van der Waals surface area contributed by atoms with Crippen molar-refractivity contribution in [1.82, 2.24) is 19.2 Å². The third kappa shape index (κ3) is 2.97. The van der Waals surface area contributed by atoms with Crippen molar-refractivity contribution in [2.24, 2.45) is 5.92 Å². The number of likely N-dealkylation sites (tertiary alicyclic amines) is 1. The van der Waals surface area contributed by atoms with Gasteiger partial charge in [-0.25, -0.2) is 13.4 Å². The lowest BCUT2D eigenvalue weighted by Gasteiger charge is -2.49. The first kappa shape index (κ1) is 18.0. The number of imidazole rings is 1. The third-order valence-corrected chi connectivity index (χ3v) is 7.79. The molecule has 1 saturated heterocycles. The number of hydrogen-bond donors (Lipinski definition) is 1. The monoisotopic (exact) mass is 380 g/mol. The standard InChI is InChI=1S/C18H28N4O3S/c1-26(24,25)22-10-7-15-16(20-13-19-15)18(22)8-11-21(12-9-18)17(23)14-5-3-2-4-6-14/h13-14H,2-12H2,1H3,(H,19,20). The minimum absolute atomic E-state index is 0.163. The highest BCUT2D eigenvalue weighted by Crippen LogP contribution is 2.44. The lowest BCUT2D eigenvalue weighted by molar-refractivity contribution is -0.139. The van der Waals surface area contributed by atoms with Crippen molar-refractivity contribution >= 4 is 15.9 Å². The van der Waals surface area contributed by atoms with Crippen molar-refractivity contribution in [3.63, 3.8) is 0 Å². The number of hydrogen-bond acceptors (Lipinski definition) is 4. The van der Waals surface area contributed by atoms with Gasteiger partial charge < -0.3 is 9.88 Å². The SMILES string of the molecule is CS(=O)(=O)N1CCc2[nH]cnc2C12CCN(C(=O)C1CCCCC1)CC2. The van der Waals surface area contributed by atoms with E-state index in [0.717, 1.165) is 37.1 Å². The molecule has 0 atom stereocenters. The van der Waals surface area contributed by atoms with Crippen molar-refractivity contribution in [2.75, 3.05) is 25.9 Å². The lowest BCUT2D eigenvalue weighted by atomic mass is 9.80. The number of nitrogens with zero attached hydrogens (tertiary/aromatic N) is 3. The minimum atomic E-state index is -3.34. The maximum absolute atomic E-state index is 12.9. The Labute approximate surface area is 155 Å². The number of sulfonamides is 1. The fourth-order valence-corrected chi connectivity index (χ4v) is 6.46. The summed E-state index contributed by atoms with van der Waals surface area (Å²) in [6, 6.07) is 0. The fraction of sp³-hybridized carbons (Fsp3) is 0.778. The van der Waals surface area contributed by atoms with Crippen molar-refractivity contribution in [3.05, 3.63) is 17.7 Å². The molecule has 1 aromatic heterocycles. The first-order chi connectivity index (χ1) is 12.4. The van der Waals surface area contributed by atoms with Crippen molar-refractivity contribution in [2.45, 2.75) is 56.9 Å². The first-order valence-corrected chi connectivity index (χ1v) is 11.6. The van der Waals surface area contributed by atoms with Gasteiger partial charge in [-0.1, -0.05) is 19.3 Å². The number of amides is 1. The van der Waals surface area contributed by atoms with Crippen LogP contribution < -0.4 is 0 Å². The molecule has 1 N–H and O–H groups in total. The van der Waals surface area contributed by atoms with Crippen molar-refractivity contribution < 1.29 is 13.2 Å². The molecule has 3 heterocycles. The number of aromatic nitrogens is 2. The van der Waals surface area contributed by atoms with Crippen LogP contribution in [0, 0.1) is 5.92 Å². The van der Waals surface area contributed by atoms with Crippen LogP contribution in [0.2, 0.25) is 0 Å². The van der Waals surface area contributed by atoms with Crippen LogP contribution in [-0.2, 0) is 26.8 Å². The number of carbonyl (C=O) groups excluding carboxylic acids is 1. The fourth-order valence-electron chi connectivity index (χ4n) is 5.13. The molecule has 2 aliphatic heterocycles. The summed E-state index contributed by atoms with van der Waals surface area (Å²) in [7, 11) is -3.34. The van der Waals surface area contributed by atoms with E-state index in [1.807, 2.05) is 4.90 Å². The number of H-pyrrole nitrogens is 1. The van der Waals surface area contributed by atoms with E-state index >= 15 is 0 Å². The van der Waals surface area contributed by atoms with Crippen molar-refractivity contribution in [1.29, 1.82) is 0 Å². The molecule has 1 saturated carbocycles. The van der Waals surface area contributed by atoms with E-state index in [0.29, 0.717) is 38.9 Å². The van der Waals surface area contributed by atoms with Gasteiger partial charge in [-0.05, 0) is 25.7 Å². The van der Waals surface area contributed by atoms with Gasteiger partial charge >= 0.3 is 0 Å². The Morgan fingerprint density at radius 3 is 2.54 bits per heavy atom. The molecule has 144 valence electrons. The molecule has 7 nitrogen and oxygen atoms in total. The topological polar surface area (TPSA) is 86.4 Å². The van der Waals surface area contributed by atoms with Crippen LogP contribution in [0.4, 0.5) is 0 Å². The molecule has 2 fully saturated rings. The number of rotatable bonds is 2. The van der Waals surface area contributed by atoms with E-state index in [2.05, 4.69) is 9.97 Å². The van der Waals surface area contributed by atoms with E-state index in [-0.39, 0.29) is 11.8 Å². The molecule has 4 rings (SSSR count). The van der Waals surface area contributed by atoms with Crippen LogP contribution in [0.1, 0.15) is 56.3 Å². The first-order valence-electron chi connectivity index (χ1n) is 9.71. The summed E-state index contributed by atoms with van der Waals surface area (Å²) in [4.78, 5) is 22.5. The maximum Gasteiger partial charge on any atom is 0.225 e. The van der Waals surface area contributed by atoms with Crippen molar-refractivity contribution in [3.8, 4) is 0 Å². The van der Waals surface area contributed by atoms with Gasteiger partial charge in [0.05, 0.1) is 23.8 Å². The van der Waals surface area contributed by atoms with Crippen LogP contribution in [0.3, 0.4) is 0 Å². The summed E-state index contributed by atoms with van der Waals surface area (Å²) in [6.45, 7) is 1.69. The van der Waals surface area contributed by atoms with E-state index in [9.17, 15) is 13.2 Å². The van der Waals surface area contributed by atoms with E-state index in [4.69, 9.17) is 0 Å². The average molecular weight is 381 g/mol.